The fourth-order valence-corrected chi connectivity index (χ4v) is 3.50. The zero-order chi connectivity index (χ0) is 16.5. The maximum atomic E-state index is 11.2. The van der Waals surface area contributed by atoms with Crippen LogP contribution in [0.2, 0.25) is 0 Å². The third-order valence-electron chi connectivity index (χ3n) is 3.76. The van der Waals surface area contributed by atoms with E-state index in [4.69, 9.17) is 0 Å². The van der Waals surface area contributed by atoms with Crippen LogP contribution in [0.15, 0.2) is 58.8 Å². The predicted octanol–water partition coefficient (Wildman–Crippen LogP) is 3.73. The van der Waals surface area contributed by atoms with E-state index in [-0.39, 0.29) is 10.6 Å². The highest BCUT2D eigenvalue weighted by molar-refractivity contribution is 7.99. The van der Waals surface area contributed by atoms with Gasteiger partial charge in [-0.05, 0) is 42.8 Å². The molecule has 8 heteroatoms. The van der Waals surface area contributed by atoms with E-state index in [0.717, 1.165) is 24.2 Å². The van der Waals surface area contributed by atoms with Crippen LogP contribution in [0.25, 0.3) is 11.4 Å². The van der Waals surface area contributed by atoms with Crippen LogP contribution in [0.3, 0.4) is 0 Å². The zero-order valence-corrected chi connectivity index (χ0v) is 13.4. The summed E-state index contributed by atoms with van der Waals surface area (Å²) in [5.41, 5.74) is 0.974. The Bertz CT molecular complexity index is 892. The lowest BCUT2D eigenvalue weighted by atomic mass is 10.3. The maximum absolute atomic E-state index is 11.2. The van der Waals surface area contributed by atoms with E-state index in [9.17, 15) is 10.1 Å². The summed E-state index contributed by atoms with van der Waals surface area (Å²) in [7, 11) is 0. The molecule has 0 N–H and O–H groups in total. The number of nitro benzene ring substituents is 1. The van der Waals surface area contributed by atoms with Crippen molar-refractivity contribution in [3.05, 3.63) is 58.9 Å². The van der Waals surface area contributed by atoms with E-state index in [1.165, 1.54) is 17.8 Å². The van der Waals surface area contributed by atoms with E-state index in [2.05, 4.69) is 19.7 Å². The molecule has 0 spiro atoms. The molecule has 1 aromatic carbocycles. The van der Waals surface area contributed by atoms with Crippen LogP contribution >= 0.6 is 11.8 Å². The SMILES string of the molecule is O=[N+]([O-])c1ccccc1Sc1nnc(-c2cccnc2)n1C1CC1. The summed E-state index contributed by atoms with van der Waals surface area (Å²) in [5, 5.41) is 20.5. The van der Waals surface area contributed by atoms with E-state index in [0.29, 0.717) is 16.1 Å². The molecule has 7 nitrogen and oxygen atoms in total. The highest BCUT2D eigenvalue weighted by Gasteiger charge is 2.31. The van der Waals surface area contributed by atoms with Crippen molar-refractivity contribution in [3.63, 3.8) is 0 Å². The standard InChI is InChI=1S/C16H13N5O2S/c22-21(23)13-5-1-2-6-14(13)24-16-19-18-15(20(16)12-7-8-12)11-4-3-9-17-10-11/h1-6,9-10,12H,7-8H2. The van der Waals surface area contributed by atoms with Gasteiger partial charge in [-0.3, -0.25) is 19.7 Å². The Hall–Kier alpha value is -2.74. The Morgan fingerprint density at radius 1 is 1.17 bits per heavy atom. The Balaban J connectivity index is 1.75. The van der Waals surface area contributed by atoms with Gasteiger partial charge < -0.3 is 0 Å². The van der Waals surface area contributed by atoms with Crippen molar-refractivity contribution < 1.29 is 4.92 Å². The number of nitrogens with zero attached hydrogens (tertiary/aromatic N) is 5. The van der Waals surface area contributed by atoms with Crippen molar-refractivity contribution in [1.29, 1.82) is 0 Å². The molecule has 1 aliphatic rings. The molecule has 0 aliphatic heterocycles. The lowest BCUT2D eigenvalue weighted by Crippen LogP contribution is -2.00. The van der Waals surface area contributed by atoms with Crippen LogP contribution in [-0.4, -0.2) is 24.7 Å². The molecule has 0 saturated heterocycles. The minimum absolute atomic E-state index is 0.0794. The molecule has 0 amide bonds. The lowest BCUT2D eigenvalue weighted by molar-refractivity contribution is -0.387. The van der Waals surface area contributed by atoms with Crippen LogP contribution in [0.1, 0.15) is 18.9 Å². The lowest BCUT2D eigenvalue weighted by Gasteiger charge is -2.08. The largest absolute Gasteiger partial charge is 0.299 e. The monoisotopic (exact) mass is 339 g/mol. The predicted molar refractivity (Wildman–Crippen MR) is 88.7 cm³/mol. The van der Waals surface area contributed by atoms with Crippen molar-refractivity contribution in [2.45, 2.75) is 28.9 Å². The van der Waals surface area contributed by atoms with Gasteiger partial charge in [0.25, 0.3) is 5.69 Å². The van der Waals surface area contributed by atoms with Crippen molar-refractivity contribution in [2.24, 2.45) is 0 Å². The van der Waals surface area contributed by atoms with Gasteiger partial charge >= 0.3 is 0 Å². The van der Waals surface area contributed by atoms with Gasteiger partial charge in [-0.1, -0.05) is 12.1 Å². The summed E-state index contributed by atoms with van der Waals surface area (Å²) in [6, 6.07) is 10.8. The maximum Gasteiger partial charge on any atom is 0.283 e. The average Bonchev–Trinajstić information content (AvgIpc) is 3.36. The molecule has 24 heavy (non-hydrogen) atoms. The molecule has 0 unspecified atom stereocenters. The number of rotatable bonds is 5. The minimum atomic E-state index is -0.373. The second-order valence-corrected chi connectivity index (χ2v) is 6.49. The van der Waals surface area contributed by atoms with Crippen molar-refractivity contribution in [2.75, 3.05) is 0 Å². The van der Waals surface area contributed by atoms with Gasteiger partial charge in [-0.2, -0.15) is 0 Å². The van der Waals surface area contributed by atoms with Gasteiger partial charge in [-0.15, -0.1) is 10.2 Å². The van der Waals surface area contributed by atoms with Crippen LogP contribution in [0.4, 0.5) is 5.69 Å². The fourth-order valence-electron chi connectivity index (χ4n) is 2.49. The molecule has 0 atom stereocenters. The highest BCUT2D eigenvalue weighted by Crippen LogP contribution is 2.43. The van der Waals surface area contributed by atoms with Gasteiger partial charge in [0.05, 0.1) is 9.82 Å². The number of hydrogen-bond acceptors (Lipinski definition) is 6. The molecule has 0 radical (unpaired) electrons. The normalized spacial score (nSPS) is 13.8. The first-order valence-corrected chi connectivity index (χ1v) is 8.32. The number of para-hydroxylation sites is 1. The second-order valence-electron chi connectivity index (χ2n) is 5.48. The number of benzene rings is 1. The molecular formula is C16H13N5O2S. The van der Waals surface area contributed by atoms with Gasteiger partial charge in [0, 0.05) is 30.1 Å². The summed E-state index contributed by atoms with van der Waals surface area (Å²) in [4.78, 5) is 15.5. The summed E-state index contributed by atoms with van der Waals surface area (Å²) >= 11 is 1.28. The molecule has 1 aliphatic carbocycles. The summed E-state index contributed by atoms with van der Waals surface area (Å²) in [6.45, 7) is 0. The molecule has 2 heterocycles. The van der Waals surface area contributed by atoms with Gasteiger partial charge in [0.1, 0.15) is 0 Å². The van der Waals surface area contributed by atoms with Crippen molar-refractivity contribution in [1.82, 2.24) is 19.7 Å². The molecule has 0 bridgehead atoms. The number of pyridine rings is 1. The Kier molecular flexibility index (Phi) is 3.73. The van der Waals surface area contributed by atoms with Gasteiger partial charge in [0.15, 0.2) is 11.0 Å². The Morgan fingerprint density at radius 3 is 2.71 bits per heavy atom. The Labute approximate surface area is 141 Å². The first-order chi connectivity index (χ1) is 11.7. The van der Waals surface area contributed by atoms with E-state index < -0.39 is 0 Å². The zero-order valence-electron chi connectivity index (χ0n) is 12.6. The highest BCUT2D eigenvalue weighted by atomic mass is 32.2. The topological polar surface area (TPSA) is 86.7 Å². The Morgan fingerprint density at radius 2 is 2.00 bits per heavy atom. The number of hydrogen-bond donors (Lipinski definition) is 0. The average molecular weight is 339 g/mol. The van der Waals surface area contributed by atoms with Gasteiger partial charge in [0.2, 0.25) is 0 Å². The second kappa shape index (κ2) is 6.04. The first-order valence-electron chi connectivity index (χ1n) is 7.50. The number of aromatic nitrogens is 4. The number of nitro groups is 1. The molecule has 3 aromatic rings. The van der Waals surface area contributed by atoms with Crippen molar-refractivity contribution >= 4 is 17.4 Å². The van der Waals surface area contributed by atoms with E-state index >= 15 is 0 Å². The van der Waals surface area contributed by atoms with Crippen LogP contribution in [0.5, 0.6) is 0 Å². The van der Waals surface area contributed by atoms with Gasteiger partial charge in [-0.25, -0.2) is 0 Å². The molecular weight excluding hydrogens is 326 g/mol. The third kappa shape index (κ3) is 2.76. The minimum Gasteiger partial charge on any atom is -0.299 e. The molecule has 1 fully saturated rings. The van der Waals surface area contributed by atoms with Crippen LogP contribution < -0.4 is 0 Å². The van der Waals surface area contributed by atoms with Crippen LogP contribution in [0, 0.1) is 10.1 Å². The van der Waals surface area contributed by atoms with E-state index in [1.54, 1.807) is 30.6 Å². The van der Waals surface area contributed by atoms with Crippen LogP contribution in [-0.2, 0) is 0 Å². The summed E-state index contributed by atoms with van der Waals surface area (Å²) in [5.74, 6) is 0.756. The fraction of sp³-hybridized carbons (Fsp3) is 0.188. The van der Waals surface area contributed by atoms with E-state index in [1.807, 2.05) is 12.1 Å². The smallest absolute Gasteiger partial charge is 0.283 e. The summed E-state index contributed by atoms with van der Waals surface area (Å²) < 4.78 is 2.07. The molecule has 4 rings (SSSR count). The van der Waals surface area contributed by atoms with Crippen molar-refractivity contribution in [3.8, 4) is 11.4 Å². The summed E-state index contributed by atoms with van der Waals surface area (Å²) in [6.07, 6.45) is 5.60. The molecule has 120 valence electrons. The quantitative estimate of drug-likeness (QED) is 0.520. The first kappa shape index (κ1) is 14.8. The third-order valence-corrected chi connectivity index (χ3v) is 4.79. The molecule has 1 saturated carbocycles. The molecule has 2 aromatic heterocycles.